The van der Waals surface area contributed by atoms with Gasteiger partial charge in [0.05, 0.1) is 18.5 Å². The van der Waals surface area contributed by atoms with Crippen LogP contribution in [-0.2, 0) is 16.9 Å². The third kappa shape index (κ3) is 2.12. The lowest BCUT2D eigenvalue weighted by Crippen LogP contribution is -2.40. The Labute approximate surface area is 120 Å². The van der Waals surface area contributed by atoms with Crippen molar-refractivity contribution in [1.29, 1.82) is 0 Å². The molecule has 3 amide bonds. The number of hydrogen-bond acceptors (Lipinski definition) is 5. The van der Waals surface area contributed by atoms with Gasteiger partial charge in [0.1, 0.15) is 11.6 Å². The normalized spacial score (nSPS) is 21.7. The van der Waals surface area contributed by atoms with Crippen molar-refractivity contribution in [3.05, 3.63) is 48.0 Å². The number of nitrogen functional groups attached to an aromatic ring is 1. The zero-order valence-corrected chi connectivity index (χ0v) is 11.4. The van der Waals surface area contributed by atoms with Crippen LogP contribution >= 0.6 is 0 Å². The number of aromatic nitrogens is 1. The molecule has 0 aliphatic carbocycles. The summed E-state index contributed by atoms with van der Waals surface area (Å²) in [5.41, 5.74) is 4.95. The number of furan rings is 1. The molecule has 1 aliphatic heterocycles. The first-order chi connectivity index (χ1) is 10.0. The number of nitrogens with two attached hydrogens (primary N) is 1. The Morgan fingerprint density at radius 3 is 2.81 bits per heavy atom. The van der Waals surface area contributed by atoms with Gasteiger partial charge in [-0.2, -0.15) is 0 Å². The zero-order valence-electron chi connectivity index (χ0n) is 11.4. The van der Waals surface area contributed by atoms with Crippen molar-refractivity contribution >= 4 is 17.8 Å². The van der Waals surface area contributed by atoms with Gasteiger partial charge in [0.15, 0.2) is 5.54 Å². The molecule has 0 spiro atoms. The molecule has 21 heavy (non-hydrogen) atoms. The van der Waals surface area contributed by atoms with E-state index in [0.717, 1.165) is 4.90 Å². The van der Waals surface area contributed by atoms with E-state index in [4.69, 9.17) is 10.2 Å². The molecule has 2 aromatic heterocycles. The molecule has 0 saturated carbocycles. The number of nitrogens with one attached hydrogen (secondary N) is 1. The second kappa shape index (κ2) is 4.62. The van der Waals surface area contributed by atoms with Gasteiger partial charge in [-0.05, 0) is 31.2 Å². The van der Waals surface area contributed by atoms with E-state index < -0.39 is 11.6 Å². The van der Waals surface area contributed by atoms with Crippen LogP contribution in [0.25, 0.3) is 0 Å². The molecule has 3 rings (SSSR count). The van der Waals surface area contributed by atoms with Crippen LogP contribution in [0.3, 0.4) is 0 Å². The maximum atomic E-state index is 12.5. The van der Waals surface area contributed by atoms with Crippen LogP contribution in [0.1, 0.15) is 18.4 Å². The highest BCUT2D eigenvalue weighted by Crippen LogP contribution is 2.29. The summed E-state index contributed by atoms with van der Waals surface area (Å²) in [5, 5.41) is 2.65. The van der Waals surface area contributed by atoms with Gasteiger partial charge in [0.25, 0.3) is 5.91 Å². The fourth-order valence-electron chi connectivity index (χ4n) is 2.32. The summed E-state index contributed by atoms with van der Waals surface area (Å²) in [4.78, 5) is 29.8. The molecule has 1 saturated heterocycles. The fourth-order valence-corrected chi connectivity index (χ4v) is 2.32. The Morgan fingerprint density at radius 1 is 1.33 bits per heavy atom. The monoisotopic (exact) mass is 286 g/mol. The second-order valence-corrected chi connectivity index (χ2v) is 4.98. The number of rotatable bonds is 3. The summed E-state index contributed by atoms with van der Waals surface area (Å²) in [6.07, 6.45) is 1.46. The van der Waals surface area contributed by atoms with E-state index in [-0.39, 0.29) is 12.5 Å². The van der Waals surface area contributed by atoms with Gasteiger partial charge >= 0.3 is 6.03 Å². The number of anilines is 1. The van der Waals surface area contributed by atoms with Crippen molar-refractivity contribution in [2.24, 2.45) is 0 Å². The van der Waals surface area contributed by atoms with Gasteiger partial charge in [-0.1, -0.05) is 6.07 Å². The van der Waals surface area contributed by atoms with E-state index >= 15 is 0 Å². The van der Waals surface area contributed by atoms with Crippen molar-refractivity contribution < 1.29 is 14.0 Å². The molecule has 1 atom stereocenters. The second-order valence-electron chi connectivity index (χ2n) is 4.98. The molecule has 3 heterocycles. The van der Waals surface area contributed by atoms with E-state index in [1.54, 1.807) is 37.3 Å². The number of carbonyl (C=O) groups is 2. The van der Waals surface area contributed by atoms with E-state index in [0.29, 0.717) is 17.3 Å². The molecule has 0 bridgehead atoms. The minimum atomic E-state index is -1.19. The lowest BCUT2D eigenvalue weighted by atomic mass is 9.99. The van der Waals surface area contributed by atoms with Crippen LogP contribution in [0.2, 0.25) is 0 Å². The molecule has 1 fully saturated rings. The molecule has 0 radical (unpaired) electrons. The van der Waals surface area contributed by atoms with Crippen LogP contribution < -0.4 is 11.1 Å². The van der Waals surface area contributed by atoms with Crippen molar-refractivity contribution in [3.8, 4) is 0 Å². The lowest BCUT2D eigenvalue weighted by Gasteiger charge is -2.18. The SMILES string of the molecule is CC1(c2ccco2)NC(=O)N(Cc2cccc(N)n2)C1=O. The highest BCUT2D eigenvalue weighted by atomic mass is 16.3. The van der Waals surface area contributed by atoms with Crippen LogP contribution in [0.5, 0.6) is 0 Å². The Kier molecular flexibility index (Phi) is 2.90. The number of carbonyl (C=O) groups excluding carboxylic acids is 2. The molecule has 3 N–H and O–H groups in total. The number of nitrogens with zero attached hydrogens (tertiary/aromatic N) is 2. The average Bonchev–Trinajstić information content (AvgIpc) is 3.04. The first kappa shape index (κ1) is 13.2. The van der Waals surface area contributed by atoms with E-state index in [9.17, 15) is 9.59 Å². The number of pyridine rings is 1. The molecule has 1 unspecified atom stereocenters. The Hall–Kier alpha value is -2.83. The topological polar surface area (TPSA) is 101 Å². The van der Waals surface area contributed by atoms with Crippen molar-refractivity contribution in [3.63, 3.8) is 0 Å². The van der Waals surface area contributed by atoms with E-state index in [2.05, 4.69) is 10.3 Å². The highest BCUT2D eigenvalue weighted by Gasteiger charge is 2.50. The molecular formula is C14H14N4O3. The summed E-state index contributed by atoms with van der Waals surface area (Å²) in [6.45, 7) is 1.67. The van der Waals surface area contributed by atoms with Crippen LogP contribution in [0.4, 0.5) is 10.6 Å². The first-order valence-electron chi connectivity index (χ1n) is 6.40. The molecule has 0 aromatic carbocycles. The van der Waals surface area contributed by atoms with Crippen molar-refractivity contribution in [2.45, 2.75) is 19.0 Å². The summed E-state index contributed by atoms with van der Waals surface area (Å²) >= 11 is 0. The summed E-state index contributed by atoms with van der Waals surface area (Å²) < 4.78 is 5.26. The minimum Gasteiger partial charge on any atom is -0.466 e. The molecule has 2 aromatic rings. The number of imide groups is 1. The van der Waals surface area contributed by atoms with Crippen molar-refractivity contribution in [2.75, 3.05) is 5.73 Å². The standard InChI is InChI=1S/C14H14N4O3/c1-14(10-5-3-7-21-10)12(19)18(13(20)17-14)8-9-4-2-6-11(15)16-9/h2-7H,8H2,1H3,(H2,15,16)(H,17,20). The van der Waals surface area contributed by atoms with E-state index in [1.807, 2.05) is 0 Å². The summed E-state index contributed by atoms with van der Waals surface area (Å²) in [7, 11) is 0. The average molecular weight is 286 g/mol. The quantitative estimate of drug-likeness (QED) is 0.826. The maximum absolute atomic E-state index is 12.5. The summed E-state index contributed by atoms with van der Waals surface area (Å²) in [6, 6.07) is 7.91. The lowest BCUT2D eigenvalue weighted by molar-refractivity contribution is -0.132. The van der Waals surface area contributed by atoms with E-state index in [1.165, 1.54) is 6.26 Å². The van der Waals surface area contributed by atoms with Gasteiger partial charge < -0.3 is 15.5 Å². The fraction of sp³-hybridized carbons (Fsp3) is 0.214. The Morgan fingerprint density at radius 2 is 2.14 bits per heavy atom. The molecule has 7 nitrogen and oxygen atoms in total. The predicted molar refractivity (Wildman–Crippen MR) is 73.8 cm³/mol. The Bertz CT molecular complexity index is 698. The highest BCUT2D eigenvalue weighted by molar-refractivity contribution is 6.06. The largest absolute Gasteiger partial charge is 0.466 e. The number of amides is 3. The van der Waals surface area contributed by atoms with Gasteiger partial charge in [-0.25, -0.2) is 9.78 Å². The van der Waals surface area contributed by atoms with Gasteiger partial charge in [-0.3, -0.25) is 9.69 Å². The van der Waals surface area contributed by atoms with Gasteiger partial charge in [0.2, 0.25) is 0 Å². The minimum absolute atomic E-state index is 0.0615. The maximum Gasteiger partial charge on any atom is 0.325 e. The summed E-state index contributed by atoms with van der Waals surface area (Å²) in [5.74, 6) is 0.351. The number of hydrogen-bond donors (Lipinski definition) is 2. The smallest absolute Gasteiger partial charge is 0.325 e. The molecule has 7 heteroatoms. The zero-order chi connectivity index (χ0) is 15.0. The third-order valence-electron chi connectivity index (χ3n) is 3.44. The van der Waals surface area contributed by atoms with Crippen LogP contribution in [0, 0.1) is 0 Å². The predicted octanol–water partition coefficient (Wildman–Crippen LogP) is 1.22. The molecule has 108 valence electrons. The van der Waals surface area contributed by atoms with Gasteiger partial charge in [0, 0.05) is 0 Å². The van der Waals surface area contributed by atoms with Crippen molar-refractivity contribution in [1.82, 2.24) is 15.2 Å². The number of urea groups is 1. The Balaban J connectivity index is 1.88. The third-order valence-corrected chi connectivity index (χ3v) is 3.44. The van der Waals surface area contributed by atoms with Gasteiger partial charge in [-0.15, -0.1) is 0 Å². The van der Waals surface area contributed by atoms with Crippen LogP contribution in [0.15, 0.2) is 41.0 Å². The molecular weight excluding hydrogens is 272 g/mol. The van der Waals surface area contributed by atoms with Crippen LogP contribution in [-0.4, -0.2) is 21.8 Å². The molecule has 1 aliphatic rings. The first-order valence-corrected chi connectivity index (χ1v) is 6.40.